The molecule has 0 spiro atoms. The Bertz CT molecular complexity index is 759. The number of fused-ring (bicyclic) bond motifs is 1. The fourth-order valence-electron chi connectivity index (χ4n) is 2.96. The second-order valence-corrected chi connectivity index (χ2v) is 7.92. The molecule has 1 aliphatic rings. The van der Waals surface area contributed by atoms with E-state index in [4.69, 9.17) is 4.74 Å². The van der Waals surface area contributed by atoms with E-state index in [1.54, 1.807) is 24.3 Å². The molecule has 1 aliphatic heterocycles. The molecule has 3 rings (SSSR count). The van der Waals surface area contributed by atoms with Gasteiger partial charge in [0.15, 0.2) is 9.84 Å². The Morgan fingerprint density at radius 1 is 1.13 bits per heavy atom. The first kappa shape index (κ1) is 16.0. The second kappa shape index (κ2) is 6.72. The van der Waals surface area contributed by atoms with Gasteiger partial charge in [0.25, 0.3) is 0 Å². The molecule has 2 atom stereocenters. The summed E-state index contributed by atoms with van der Waals surface area (Å²) in [6.07, 6.45) is 0.840. The quantitative estimate of drug-likeness (QED) is 0.915. The van der Waals surface area contributed by atoms with Crippen LogP contribution in [0, 0.1) is 0 Å². The maximum Gasteiger partial charge on any atom is 0.179 e. The summed E-state index contributed by atoms with van der Waals surface area (Å²) in [5.74, 6) is 0.964. The van der Waals surface area contributed by atoms with Gasteiger partial charge in [-0.3, -0.25) is 0 Å². The van der Waals surface area contributed by atoms with Crippen LogP contribution in [0.25, 0.3) is 0 Å². The number of nitrogens with one attached hydrogen (secondary N) is 1. The zero-order chi connectivity index (χ0) is 16.3. The summed E-state index contributed by atoms with van der Waals surface area (Å²) in [7, 11) is -3.28. The molecule has 0 amide bonds. The van der Waals surface area contributed by atoms with Gasteiger partial charge in [-0.15, -0.1) is 0 Å². The van der Waals surface area contributed by atoms with Gasteiger partial charge in [-0.05, 0) is 25.1 Å². The van der Waals surface area contributed by atoms with E-state index in [-0.39, 0.29) is 17.8 Å². The minimum atomic E-state index is -3.28. The highest BCUT2D eigenvalue weighted by molar-refractivity contribution is 7.91. The maximum absolute atomic E-state index is 12.5. The standard InChI is InChI=1S/C18H21NO3S/c1-14(13-23(20,21)15-7-3-2-4-8-15)19-17-11-12-22-18-10-6-5-9-16(17)18/h2-10,14,17,19H,11-13H2,1H3/t14-,17-/m1/s1. The van der Waals surface area contributed by atoms with Crippen molar-refractivity contribution >= 4 is 9.84 Å². The first-order chi connectivity index (χ1) is 11.1. The molecule has 0 aliphatic carbocycles. The molecule has 0 saturated heterocycles. The zero-order valence-electron chi connectivity index (χ0n) is 13.1. The van der Waals surface area contributed by atoms with Gasteiger partial charge in [0.2, 0.25) is 0 Å². The van der Waals surface area contributed by atoms with Gasteiger partial charge in [-0.1, -0.05) is 36.4 Å². The Labute approximate surface area is 137 Å². The Balaban J connectivity index is 1.70. The molecule has 0 unspecified atom stereocenters. The van der Waals surface area contributed by atoms with Crippen LogP contribution in [0.2, 0.25) is 0 Å². The first-order valence-corrected chi connectivity index (χ1v) is 9.47. The Morgan fingerprint density at radius 3 is 2.61 bits per heavy atom. The van der Waals surface area contributed by atoms with Gasteiger partial charge >= 0.3 is 0 Å². The van der Waals surface area contributed by atoms with E-state index in [1.165, 1.54) is 0 Å². The van der Waals surface area contributed by atoms with Gasteiger partial charge in [-0.25, -0.2) is 8.42 Å². The van der Waals surface area contributed by atoms with Crippen molar-refractivity contribution in [2.75, 3.05) is 12.4 Å². The van der Waals surface area contributed by atoms with Crippen molar-refractivity contribution < 1.29 is 13.2 Å². The second-order valence-electron chi connectivity index (χ2n) is 5.89. The molecular weight excluding hydrogens is 310 g/mol. The number of benzene rings is 2. The molecule has 5 heteroatoms. The third-order valence-corrected chi connectivity index (χ3v) is 5.95. The van der Waals surface area contributed by atoms with Crippen molar-refractivity contribution in [3.63, 3.8) is 0 Å². The molecule has 122 valence electrons. The average Bonchev–Trinajstić information content (AvgIpc) is 2.55. The van der Waals surface area contributed by atoms with Crippen LogP contribution >= 0.6 is 0 Å². The lowest BCUT2D eigenvalue weighted by atomic mass is 10.00. The lowest BCUT2D eigenvalue weighted by molar-refractivity contribution is 0.247. The minimum absolute atomic E-state index is 0.0799. The van der Waals surface area contributed by atoms with E-state index in [9.17, 15) is 8.42 Å². The number of sulfone groups is 1. The van der Waals surface area contributed by atoms with Gasteiger partial charge < -0.3 is 10.1 Å². The molecule has 23 heavy (non-hydrogen) atoms. The molecule has 0 aromatic heterocycles. The van der Waals surface area contributed by atoms with E-state index in [0.29, 0.717) is 11.5 Å². The molecular formula is C18H21NO3S. The van der Waals surface area contributed by atoms with E-state index in [0.717, 1.165) is 17.7 Å². The molecule has 0 saturated carbocycles. The number of hydrogen-bond acceptors (Lipinski definition) is 4. The van der Waals surface area contributed by atoms with E-state index in [2.05, 4.69) is 5.32 Å². The van der Waals surface area contributed by atoms with Crippen LogP contribution in [0.4, 0.5) is 0 Å². The number of rotatable bonds is 5. The summed E-state index contributed by atoms with van der Waals surface area (Å²) in [5.41, 5.74) is 1.10. The van der Waals surface area contributed by atoms with E-state index >= 15 is 0 Å². The van der Waals surface area contributed by atoms with Crippen LogP contribution in [-0.2, 0) is 9.84 Å². The van der Waals surface area contributed by atoms with Crippen molar-refractivity contribution in [1.82, 2.24) is 5.32 Å². The van der Waals surface area contributed by atoms with Crippen LogP contribution in [0.3, 0.4) is 0 Å². The summed E-state index contributed by atoms with van der Waals surface area (Å²) >= 11 is 0. The van der Waals surface area contributed by atoms with E-state index < -0.39 is 9.84 Å². The normalized spacial score (nSPS) is 18.7. The molecule has 1 N–H and O–H groups in total. The highest BCUT2D eigenvalue weighted by Gasteiger charge is 2.25. The van der Waals surface area contributed by atoms with Crippen molar-refractivity contribution in [3.8, 4) is 5.75 Å². The van der Waals surface area contributed by atoms with Crippen LogP contribution < -0.4 is 10.1 Å². The third-order valence-electron chi connectivity index (χ3n) is 4.02. The molecule has 0 fully saturated rings. The molecule has 2 aromatic carbocycles. The highest BCUT2D eigenvalue weighted by atomic mass is 32.2. The summed E-state index contributed by atoms with van der Waals surface area (Å²) < 4.78 is 30.6. The monoisotopic (exact) mass is 331 g/mol. The van der Waals surface area contributed by atoms with Gasteiger partial charge in [-0.2, -0.15) is 0 Å². The van der Waals surface area contributed by atoms with Crippen molar-refractivity contribution in [3.05, 3.63) is 60.2 Å². The van der Waals surface area contributed by atoms with Crippen LogP contribution in [0.5, 0.6) is 5.75 Å². The zero-order valence-corrected chi connectivity index (χ0v) is 13.9. The Kier molecular flexibility index (Phi) is 4.68. The van der Waals surface area contributed by atoms with Crippen molar-refractivity contribution in [2.24, 2.45) is 0 Å². The van der Waals surface area contributed by atoms with Crippen LogP contribution in [0.15, 0.2) is 59.5 Å². The summed E-state index contributed by atoms with van der Waals surface area (Å²) in [6, 6.07) is 16.5. The van der Waals surface area contributed by atoms with Crippen LogP contribution in [-0.4, -0.2) is 26.8 Å². The number of ether oxygens (including phenoxy) is 1. The topological polar surface area (TPSA) is 55.4 Å². The maximum atomic E-state index is 12.5. The molecule has 2 aromatic rings. The smallest absolute Gasteiger partial charge is 0.179 e. The van der Waals surface area contributed by atoms with Crippen molar-refractivity contribution in [2.45, 2.75) is 30.3 Å². The number of hydrogen-bond donors (Lipinski definition) is 1. The first-order valence-electron chi connectivity index (χ1n) is 7.82. The lowest BCUT2D eigenvalue weighted by Crippen LogP contribution is -2.38. The lowest BCUT2D eigenvalue weighted by Gasteiger charge is -2.29. The van der Waals surface area contributed by atoms with Gasteiger partial charge in [0, 0.05) is 24.1 Å². The summed E-state index contributed by atoms with van der Waals surface area (Å²) in [4.78, 5) is 0.376. The van der Waals surface area contributed by atoms with Crippen molar-refractivity contribution in [1.29, 1.82) is 0 Å². The predicted molar refractivity (Wildman–Crippen MR) is 90.4 cm³/mol. The van der Waals surface area contributed by atoms with Crippen LogP contribution in [0.1, 0.15) is 24.9 Å². The van der Waals surface area contributed by atoms with E-state index in [1.807, 2.05) is 37.3 Å². The Morgan fingerprint density at radius 2 is 1.83 bits per heavy atom. The largest absolute Gasteiger partial charge is 0.493 e. The number of para-hydroxylation sites is 1. The SMILES string of the molecule is C[C@H](CS(=O)(=O)c1ccccc1)N[C@@H]1CCOc2ccccc21. The highest BCUT2D eigenvalue weighted by Crippen LogP contribution is 2.31. The molecule has 0 radical (unpaired) electrons. The summed E-state index contributed by atoms with van der Waals surface area (Å²) in [5, 5.41) is 3.44. The average molecular weight is 331 g/mol. The molecule has 4 nitrogen and oxygen atoms in total. The summed E-state index contributed by atoms with van der Waals surface area (Å²) in [6.45, 7) is 2.56. The third kappa shape index (κ3) is 3.74. The Hall–Kier alpha value is -1.85. The fourth-order valence-corrected chi connectivity index (χ4v) is 4.48. The predicted octanol–water partition coefficient (Wildman–Crippen LogP) is 2.96. The fraction of sp³-hybridized carbons (Fsp3) is 0.333. The van der Waals surface area contributed by atoms with Gasteiger partial charge in [0.1, 0.15) is 5.75 Å². The van der Waals surface area contributed by atoms with Gasteiger partial charge in [0.05, 0.1) is 17.3 Å². The minimum Gasteiger partial charge on any atom is -0.493 e. The molecule has 0 bridgehead atoms. The molecule has 1 heterocycles.